The molecule has 51 heavy (non-hydrogen) atoms. The molecule has 282 valence electrons. The average Bonchev–Trinajstić information content (AvgIpc) is 3.47. The van der Waals surface area contributed by atoms with Crippen molar-refractivity contribution < 1.29 is 4.58 Å². The number of likely N-dealkylation sites (N-methyl/N-ethyl adjacent to an activating group) is 1. The number of hydrogen-bond donors (Lipinski definition) is 6. The van der Waals surface area contributed by atoms with Crippen LogP contribution < -0.4 is 31.9 Å². The van der Waals surface area contributed by atoms with Gasteiger partial charge in [0, 0.05) is 80.4 Å². The van der Waals surface area contributed by atoms with Gasteiger partial charge in [-0.3, -0.25) is 9.98 Å². The summed E-state index contributed by atoms with van der Waals surface area (Å²) in [5.41, 5.74) is 6.97. The van der Waals surface area contributed by atoms with Crippen molar-refractivity contribution in [2.24, 2.45) is 9.98 Å². The zero-order chi connectivity index (χ0) is 35.7. The van der Waals surface area contributed by atoms with E-state index in [1.165, 1.54) is 82.0 Å². The predicted octanol–water partition coefficient (Wildman–Crippen LogP) is 5.30. The predicted molar refractivity (Wildman–Crippen MR) is 217 cm³/mol. The molecule has 0 aromatic heterocycles. The highest BCUT2D eigenvalue weighted by Crippen LogP contribution is 2.21. The van der Waals surface area contributed by atoms with Gasteiger partial charge in [-0.25, -0.2) is 4.58 Å². The average molecular weight is 701 g/mol. The van der Waals surface area contributed by atoms with Gasteiger partial charge in [-0.1, -0.05) is 76.7 Å². The van der Waals surface area contributed by atoms with Gasteiger partial charge in [0.15, 0.2) is 11.4 Å². The first-order chi connectivity index (χ1) is 25.0. The summed E-state index contributed by atoms with van der Waals surface area (Å²) in [4.78, 5) is 10.1. The van der Waals surface area contributed by atoms with E-state index in [2.05, 4.69) is 100 Å². The van der Waals surface area contributed by atoms with Crippen LogP contribution in [0.3, 0.4) is 0 Å². The van der Waals surface area contributed by atoms with E-state index in [1.54, 1.807) is 0 Å². The molecule has 0 aromatic carbocycles. The molecule has 2 saturated carbocycles. The third-order valence-corrected chi connectivity index (χ3v) is 11.3. The summed E-state index contributed by atoms with van der Waals surface area (Å²) in [5.74, 6) is 0. The van der Waals surface area contributed by atoms with Gasteiger partial charge in [0.05, 0.1) is 24.5 Å². The van der Waals surface area contributed by atoms with Crippen LogP contribution in [0.5, 0.6) is 0 Å². The molecule has 9 nitrogen and oxygen atoms in total. The minimum atomic E-state index is 0.394. The van der Waals surface area contributed by atoms with Crippen LogP contribution in [0.4, 0.5) is 0 Å². The molecular formula is C42H70N9+. The summed E-state index contributed by atoms with van der Waals surface area (Å²) in [6.45, 7) is 14.5. The Morgan fingerprint density at radius 1 is 0.725 bits per heavy atom. The van der Waals surface area contributed by atoms with Gasteiger partial charge >= 0.3 is 0 Å². The Hall–Kier alpha value is -2.53. The number of hydrogen-bond acceptors (Lipinski definition) is 8. The van der Waals surface area contributed by atoms with Crippen LogP contribution in [0.2, 0.25) is 0 Å². The molecule has 5 aliphatic rings. The minimum absolute atomic E-state index is 0.394. The summed E-state index contributed by atoms with van der Waals surface area (Å²) in [6.07, 6.45) is 30.5. The molecule has 5 atom stereocenters. The maximum atomic E-state index is 5.17. The number of nitrogens with zero attached hydrogens (tertiary/aromatic N) is 3. The Morgan fingerprint density at radius 3 is 2.10 bits per heavy atom. The number of allylic oxidation sites excluding steroid dienone is 4. The minimum Gasteiger partial charge on any atom is -0.310 e. The lowest BCUT2D eigenvalue weighted by molar-refractivity contribution is -0.445. The van der Waals surface area contributed by atoms with Crippen LogP contribution in [-0.2, 0) is 0 Å². The zero-order valence-corrected chi connectivity index (χ0v) is 32.2. The van der Waals surface area contributed by atoms with E-state index in [1.807, 2.05) is 0 Å². The van der Waals surface area contributed by atoms with E-state index in [4.69, 9.17) is 9.98 Å². The van der Waals surface area contributed by atoms with Crippen molar-refractivity contribution in [2.75, 3.05) is 52.9 Å². The summed E-state index contributed by atoms with van der Waals surface area (Å²) in [5, 5.41) is 23.3. The SMILES string of the molecule is C=C1CNCC(CCCCC)NCC2=[N+](C)C(=CCC=C2)CNC2CCCCC2NCC2=NC(=CCC=C2)CNC2CCCCC2NCC(C)=N1. The molecule has 2 fully saturated rings. The Labute approximate surface area is 309 Å². The molecule has 0 amide bonds. The van der Waals surface area contributed by atoms with E-state index in [0.29, 0.717) is 36.8 Å². The van der Waals surface area contributed by atoms with Gasteiger partial charge in [0.25, 0.3) is 0 Å². The molecule has 0 aromatic rings. The van der Waals surface area contributed by atoms with Crippen molar-refractivity contribution in [1.82, 2.24) is 31.9 Å². The zero-order valence-electron chi connectivity index (χ0n) is 32.2. The van der Waals surface area contributed by atoms with Crippen molar-refractivity contribution in [3.63, 3.8) is 0 Å². The van der Waals surface area contributed by atoms with Crippen LogP contribution in [0.1, 0.15) is 104 Å². The Morgan fingerprint density at radius 2 is 1.37 bits per heavy atom. The van der Waals surface area contributed by atoms with E-state index in [9.17, 15) is 0 Å². The van der Waals surface area contributed by atoms with Crippen molar-refractivity contribution in [2.45, 2.75) is 134 Å². The third kappa shape index (κ3) is 13.4. The van der Waals surface area contributed by atoms with Gasteiger partial charge < -0.3 is 31.9 Å². The smallest absolute Gasteiger partial charge is 0.194 e. The maximum Gasteiger partial charge on any atom is 0.194 e. The van der Waals surface area contributed by atoms with E-state index >= 15 is 0 Å². The number of rotatable bonds is 4. The van der Waals surface area contributed by atoms with Crippen molar-refractivity contribution in [1.29, 1.82) is 0 Å². The highest BCUT2D eigenvalue weighted by atomic mass is 15.1. The molecule has 2 aliphatic carbocycles. The molecule has 9 heteroatoms. The second kappa shape index (κ2) is 21.9. The van der Waals surface area contributed by atoms with Gasteiger partial charge in [-0.2, -0.15) is 0 Å². The highest BCUT2D eigenvalue weighted by Gasteiger charge is 2.27. The van der Waals surface area contributed by atoms with E-state index < -0.39 is 0 Å². The molecule has 0 radical (unpaired) electrons. The standard InChI is InChI=1S/C42H70N9/c1-5-6-7-16-34-27-43-25-32(2)49-33(3)26-45-39-21-12-13-22-40(39)46-28-35-17-8-9-18-36(50-35)29-47-41-23-14-15-24-42(41)48-31-38-20-11-10-19-37(30-44-34)51(38)4/h9-10,17-20,34,39-48H,2,5-8,11-16,21-31H2,1,3-4H3/q+1. The third-order valence-electron chi connectivity index (χ3n) is 11.3. The fourth-order valence-electron chi connectivity index (χ4n) is 8.23. The summed E-state index contributed by atoms with van der Waals surface area (Å²) >= 11 is 0. The first-order valence-electron chi connectivity index (χ1n) is 20.5. The van der Waals surface area contributed by atoms with Crippen molar-refractivity contribution in [3.05, 3.63) is 60.1 Å². The van der Waals surface area contributed by atoms with Crippen LogP contribution in [0, 0.1) is 0 Å². The van der Waals surface area contributed by atoms with Crippen LogP contribution in [0.25, 0.3) is 0 Å². The molecule has 0 saturated heterocycles. The van der Waals surface area contributed by atoms with Crippen molar-refractivity contribution in [3.8, 4) is 0 Å². The van der Waals surface area contributed by atoms with Crippen molar-refractivity contribution >= 4 is 17.1 Å². The Bertz CT molecular complexity index is 1340. The number of nitrogens with one attached hydrogen (secondary N) is 6. The van der Waals surface area contributed by atoms with E-state index in [-0.39, 0.29) is 0 Å². The Balaban J connectivity index is 1.31. The first-order valence-corrected chi connectivity index (χ1v) is 20.5. The molecule has 0 spiro atoms. The monoisotopic (exact) mass is 701 g/mol. The molecule has 5 unspecified atom stereocenters. The second-order valence-corrected chi connectivity index (χ2v) is 15.5. The number of fused-ring (bicyclic) bond motifs is 4. The molecule has 6 N–H and O–H groups in total. The van der Waals surface area contributed by atoms with E-state index in [0.717, 1.165) is 81.3 Å². The summed E-state index contributed by atoms with van der Waals surface area (Å²) in [6, 6.07) is 2.16. The summed E-state index contributed by atoms with van der Waals surface area (Å²) in [7, 11) is 2.24. The Kier molecular flexibility index (Phi) is 17.0. The summed E-state index contributed by atoms with van der Waals surface area (Å²) < 4.78 is 2.41. The van der Waals surface area contributed by atoms with Gasteiger partial charge in [0.1, 0.15) is 7.05 Å². The maximum absolute atomic E-state index is 5.17. The highest BCUT2D eigenvalue weighted by molar-refractivity contribution is 5.97. The quantitative estimate of drug-likeness (QED) is 0.176. The molecule has 3 aliphatic heterocycles. The lowest BCUT2D eigenvalue weighted by Crippen LogP contribution is -2.51. The largest absolute Gasteiger partial charge is 0.310 e. The first kappa shape index (κ1) is 39.7. The molecular weight excluding hydrogens is 631 g/mol. The molecule has 4 bridgehead atoms. The van der Waals surface area contributed by atoms with Crippen LogP contribution in [-0.4, -0.2) is 105 Å². The lowest BCUT2D eigenvalue weighted by Gasteiger charge is -2.33. The number of unbranched alkanes of at least 4 members (excludes halogenated alkanes) is 2. The molecule has 5 rings (SSSR count). The van der Waals surface area contributed by atoms with Gasteiger partial charge in [-0.15, -0.1) is 0 Å². The van der Waals surface area contributed by atoms with Crippen LogP contribution in [0.15, 0.2) is 70.1 Å². The van der Waals surface area contributed by atoms with Gasteiger partial charge in [-0.05, 0) is 64.0 Å². The normalized spacial score (nSPS) is 30.0. The second-order valence-electron chi connectivity index (χ2n) is 15.5. The van der Waals surface area contributed by atoms with Crippen LogP contribution >= 0.6 is 0 Å². The topological polar surface area (TPSA) is 99.9 Å². The fraction of sp³-hybridized carbons (Fsp3) is 0.690. The van der Waals surface area contributed by atoms with Gasteiger partial charge in [0.2, 0.25) is 0 Å². The fourth-order valence-corrected chi connectivity index (χ4v) is 8.23. The molecule has 3 heterocycles. The lowest BCUT2D eigenvalue weighted by atomic mass is 9.90. The number of aliphatic imine (C=N–C) groups is 2.